The van der Waals surface area contributed by atoms with Gasteiger partial charge in [-0.1, -0.05) is 25.1 Å². The zero-order valence-electron chi connectivity index (χ0n) is 16.3. The summed E-state index contributed by atoms with van der Waals surface area (Å²) in [5.41, 5.74) is 1.99. The summed E-state index contributed by atoms with van der Waals surface area (Å²) in [6.45, 7) is 4.14. The maximum absolute atomic E-state index is 12.8. The zero-order valence-corrected chi connectivity index (χ0v) is 16.3. The van der Waals surface area contributed by atoms with Gasteiger partial charge in [0.2, 0.25) is 0 Å². The van der Waals surface area contributed by atoms with Crippen molar-refractivity contribution in [2.45, 2.75) is 32.9 Å². The predicted octanol–water partition coefficient (Wildman–Crippen LogP) is 2.30. The molecule has 3 heterocycles. The summed E-state index contributed by atoms with van der Waals surface area (Å²) >= 11 is 0. The van der Waals surface area contributed by atoms with Crippen LogP contribution in [-0.4, -0.2) is 48.8 Å². The molecule has 0 saturated heterocycles. The van der Waals surface area contributed by atoms with Crippen LogP contribution in [-0.2, 0) is 26.0 Å². The first-order chi connectivity index (χ1) is 14.2. The number of benzene rings is 1. The van der Waals surface area contributed by atoms with Crippen molar-refractivity contribution < 1.29 is 9.53 Å². The number of carbonyl (C=O) groups excluding carboxylic acids is 1. The lowest BCUT2D eigenvalue weighted by atomic mass is 10.1. The Kier molecular flexibility index (Phi) is 5.64. The standard InChI is InChI=1S/C20H23N7O2/c1-2-15-5-3-4-6-17(15)23-20(28)26-8-7-18-24-25-19(27(18)10-9-26)13-29-16-11-21-14-22-12-16/h3-6,11-12,14H,2,7-10,13H2,1H3,(H,23,28). The number of ether oxygens (including phenoxy) is 1. The lowest BCUT2D eigenvalue weighted by molar-refractivity contribution is 0.212. The average Bonchev–Trinajstić information content (AvgIpc) is 3.02. The molecule has 0 aliphatic carbocycles. The summed E-state index contributed by atoms with van der Waals surface area (Å²) < 4.78 is 7.72. The molecule has 9 nitrogen and oxygen atoms in total. The molecule has 29 heavy (non-hydrogen) atoms. The van der Waals surface area contributed by atoms with E-state index in [4.69, 9.17) is 4.74 Å². The highest BCUT2D eigenvalue weighted by Crippen LogP contribution is 2.17. The number of fused-ring (bicyclic) bond motifs is 1. The Morgan fingerprint density at radius 3 is 2.79 bits per heavy atom. The van der Waals surface area contributed by atoms with Crippen molar-refractivity contribution in [3.05, 3.63) is 60.2 Å². The van der Waals surface area contributed by atoms with Crippen LogP contribution in [0.4, 0.5) is 10.5 Å². The van der Waals surface area contributed by atoms with E-state index < -0.39 is 0 Å². The van der Waals surface area contributed by atoms with E-state index >= 15 is 0 Å². The van der Waals surface area contributed by atoms with E-state index in [1.54, 1.807) is 12.4 Å². The van der Waals surface area contributed by atoms with Gasteiger partial charge in [-0.2, -0.15) is 0 Å². The third-order valence-corrected chi connectivity index (χ3v) is 4.93. The molecule has 3 aromatic rings. The zero-order chi connectivity index (χ0) is 20.1. The van der Waals surface area contributed by atoms with Crippen LogP contribution < -0.4 is 10.1 Å². The fourth-order valence-corrected chi connectivity index (χ4v) is 3.35. The van der Waals surface area contributed by atoms with Crippen molar-refractivity contribution in [2.24, 2.45) is 0 Å². The molecule has 9 heteroatoms. The number of para-hydroxylation sites is 1. The molecule has 1 aliphatic rings. The van der Waals surface area contributed by atoms with E-state index in [1.807, 2.05) is 33.7 Å². The molecule has 0 spiro atoms. The van der Waals surface area contributed by atoms with Gasteiger partial charge in [0.05, 0.1) is 12.4 Å². The summed E-state index contributed by atoms with van der Waals surface area (Å²) in [4.78, 5) is 22.5. The molecule has 150 valence electrons. The lowest BCUT2D eigenvalue weighted by Gasteiger charge is -2.21. The number of hydrogen-bond donors (Lipinski definition) is 1. The van der Waals surface area contributed by atoms with Crippen LogP contribution in [0.25, 0.3) is 0 Å². The Morgan fingerprint density at radius 2 is 1.97 bits per heavy atom. The quantitative estimate of drug-likeness (QED) is 0.714. The van der Waals surface area contributed by atoms with Gasteiger partial charge in [0, 0.05) is 31.7 Å². The monoisotopic (exact) mass is 393 g/mol. The van der Waals surface area contributed by atoms with E-state index in [-0.39, 0.29) is 12.6 Å². The van der Waals surface area contributed by atoms with Gasteiger partial charge in [0.1, 0.15) is 18.8 Å². The van der Waals surface area contributed by atoms with Gasteiger partial charge in [0.25, 0.3) is 0 Å². The van der Waals surface area contributed by atoms with Crippen LogP contribution in [0.5, 0.6) is 5.75 Å². The van der Waals surface area contributed by atoms with Crippen LogP contribution in [0.1, 0.15) is 24.1 Å². The van der Waals surface area contributed by atoms with Gasteiger partial charge < -0.3 is 19.5 Å². The summed E-state index contributed by atoms with van der Waals surface area (Å²) in [5, 5.41) is 11.6. The number of hydrogen-bond acceptors (Lipinski definition) is 6. The molecule has 1 aromatic carbocycles. The van der Waals surface area contributed by atoms with Gasteiger partial charge in [0.15, 0.2) is 11.6 Å². The van der Waals surface area contributed by atoms with E-state index in [9.17, 15) is 4.79 Å². The Hall–Kier alpha value is -3.49. The second-order valence-corrected chi connectivity index (χ2v) is 6.72. The maximum Gasteiger partial charge on any atom is 0.321 e. The Labute approximate surface area is 168 Å². The summed E-state index contributed by atoms with van der Waals surface area (Å²) in [6.07, 6.45) is 6.17. The van der Waals surface area contributed by atoms with Crippen molar-refractivity contribution in [3.63, 3.8) is 0 Å². The molecule has 4 rings (SSSR count). The lowest BCUT2D eigenvalue weighted by Crippen LogP contribution is -2.37. The Balaban J connectivity index is 1.39. The van der Waals surface area contributed by atoms with Gasteiger partial charge in [-0.3, -0.25) is 0 Å². The highest BCUT2D eigenvalue weighted by atomic mass is 16.5. The fourth-order valence-electron chi connectivity index (χ4n) is 3.35. The summed E-state index contributed by atoms with van der Waals surface area (Å²) in [5.74, 6) is 2.16. The number of aryl methyl sites for hydroxylation is 1. The minimum absolute atomic E-state index is 0.0937. The smallest absolute Gasteiger partial charge is 0.321 e. The number of aromatic nitrogens is 5. The second kappa shape index (κ2) is 8.68. The highest BCUT2D eigenvalue weighted by molar-refractivity contribution is 5.90. The molecule has 0 fully saturated rings. The van der Waals surface area contributed by atoms with Crippen molar-refractivity contribution >= 4 is 11.7 Å². The topological polar surface area (TPSA) is 98.1 Å². The van der Waals surface area contributed by atoms with E-state index in [0.717, 1.165) is 29.3 Å². The molecule has 1 aliphatic heterocycles. The summed E-state index contributed by atoms with van der Waals surface area (Å²) in [7, 11) is 0. The first kappa shape index (κ1) is 18.9. The molecular weight excluding hydrogens is 370 g/mol. The first-order valence-electron chi connectivity index (χ1n) is 9.67. The molecular formula is C20H23N7O2. The minimum Gasteiger partial charge on any atom is -0.482 e. The van der Waals surface area contributed by atoms with Gasteiger partial charge in [-0.15, -0.1) is 10.2 Å². The van der Waals surface area contributed by atoms with Crippen molar-refractivity contribution in [1.82, 2.24) is 29.6 Å². The molecule has 2 aromatic heterocycles. The third kappa shape index (κ3) is 4.34. The maximum atomic E-state index is 12.8. The Bertz CT molecular complexity index is 974. The van der Waals surface area contributed by atoms with E-state index in [0.29, 0.717) is 31.8 Å². The van der Waals surface area contributed by atoms with Crippen LogP contribution in [0, 0.1) is 0 Å². The van der Waals surface area contributed by atoms with Crippen LogP contribution in [0.3, 0.4) is 0 Å². The van der Waals surface area contributed by atoms with E-state index in [2.05, 4.69) is 32.4 Å². The Morgan fingerprint density at radius 1 is 1.14 bits per heavy atom. The normalized spacial score (nSPS) is 13.5. The van der Waals surface area contributed by atoms with Crippen LogP contribution in [0.2, 0.25) is 0 Å². The molecule has 1 N–H and O–H groups in total. The van der Waals surface area contributed by atoms with Gasteiger partial charge >= 0.3 is 6.03 Å². The van der Waals surface area contributed by atoms with Gasteiger partial charge in [-0.25, -0.2) is 14.8 Å². The molecule has 2 amide bonds. The largest absolute Gasteiger partial charge is 0.482 e. The van der Waals surface area contributed by atoms with E-state index in [1.165, 1.54) is 6.33 Å². The van der Waals surface area contributed by atoms with Crippen molar-refractivity contribution in [1.29, 1.82) is 0 Å². The number of nitrogens with zero attached hydrogens (tertiary/aromatic N) is 6. The number of nitrogens with one attached hydrogen (secondary N) is 1. The van der Waals surface area contributed by atoms with Gasteiger partial charge in [-0.05, 0) is 18.1 Å². The molecule has 0 atom stereocenters. The number of anilines is 1. The third-order valence-electron chi connectivity index (χ3n) is 4.93. The van der Waals surface area contributed by atoms with Crippen LogP contribution in [0.15, 0.2) is 43.0 Å². The molecule has 0 unspecified atom stereocenters. The molecule has 0 bridgehead atoms. The number of urea groups is 1. The van der Waals surface area contributed by atoms with Crippen molar-refractivity contribution in [2.75, 3.05) is 18.4 Å². The van der Waals surface area contributed by atoms with Crippen molar-refractivity contribution in [3.8, 4) is 5.75 Å². The fraction of sp³-hybridized carbons (Fsp3) is 0.350. The highest BCUT2D eigenvalue weighted by Gasteiger charge is 2.22. The minimum atomic E-state index is -0.0937. The number of amides is 2. The van der Waals surface area contributed by atoms with Crippen LogP contribution >= 0.6 is 0 Å². The molecule has 0 saturated carbocycles. The predicted molar refractivity (Wildman–Crippen MR) is 107 cm³/mol. The summed E-state index contributed by atoms with van der Waals surface area (Å²) in [6, 6.07) is 7.79. The second-order valence-electron chi connectivity index (χ2n) is 6.72. The number of carbonyl (C=O) groups is 1. The average molecular weight is 393 g/mol. The first-order valence-corrected chi connectivity index (χ1v) is 9.67. The molecule has 0 radical (unpaired) electrons. The SMILES string of the molecule is CCc1ccccc1NC(=O)N1CCc2nnc(COc3cncnc3)n2CC1. The number of rotatable bonds is 5.